The number of nitrogens with zero attached hydrogens (tertiary/aromatic N) is 1. The number of benzene rings is 2. The molecule has 4 heteroatoms. The third-order valence-electron chi connectivity index (χ3n) is 3.72. The Morgan fingerprint density at radius 3 is 2.43 bits per heavy atom. The van der Waals surface area contributed by atoms with Crippen molar-refractivity contribution in [2.45, 2.75) is 13.5 Å². The lowest BCUT2D eigenvalue weighted by Gasteiger charge is -2.16. The molecule has 2 rings (SSSR count). The van der Waals surface area contributed by atoms with Crippen molar-refractivity contribution >= 4 is 17.3 Å². The Kier molecular flexibility index (Phi) is 5.77. The van der Waals surface area contributed by atoms with Gasteiger partial charge in [-0.1, -0.05) is 24.3 Å². The molecule has 0 heterocycles. The van der Waals surface area contributed by atoms with Gasteiger partial charge in [0.15, 0.2) is 6.54 Å². The van der Waals surface area contributed by atoms with Gasteiger partial charge in [-0.3, -0.25) is 4.79 Å². The number of amides is 1. The second-order valence-electron chi connectivity index (χ2n) is 6.29. The van der Waals surface area contributed by atoms with Gasteiger partial charge in [-0.25, -0.2) is 0 Å². The number of hydrogen-bond acceptors (Lipinski definition) is 2. The molecule has 0 spiro atoms. The van der Waals surface area contributed by atoms with E-state index < -0.39 is 0 Å². The third-order valence-corrected chi connectivity index (χ3v) is 3.72. The van der Waals surface area contributed by atoms with Crippen molar-refractivity contribution in [3.05, 3.63) is 59.7 Å². The molecule has 0 aliphatic heterocycles. The summed E-state index contributed by atoms with van der Waals surface area (Å²) in [7, 11) is 6.10. The van der Waals surface area contributed by atoms with Crippen LogP contribution in [0, 0.1) is 6.92 Å². The van der Waals surface area contributed by atoms with Crippen LogP contribution in [0.15, 0.2) is 48.5 Å². The summed E-state index contributed by atoms with van der Waals surface area (Å²) >= 11 is 0. The highest BCUT2D eigenvalue weighted by Gasteiger charge is 2.11. The Morgan fingerprint density at radius 1 is 1.13 bits per heavy atom. The molecule has 0 radical (unpaired) electrons. The van der Waals surface area contributed by atoms with Gasteiger partial charge in [0.05, 0.1) is 7.05 Å². The molecule has 4 nitrogen and oxygen atoms in total. The van der Waals surface area contributed by atoms with Crippen LogP contribution in [0.1, 0.15) is 11.1 Å². The van der Waals surface area contributed by atoms with Gasteiger partial charge < -0.3 is 15.1 Å². The molecule has 0 saturated heterocycles. The van der Waals surface area contributed by atoms with Crippen LogP contribution >= 0.6 is 0 Å². The number of nitrogens with one attached hydrogen (secondary N) is 2. The molecule has 0 fully saturated rings. The highest BCUT2D eigenvalue weighted by Crippen LogP contribution is 2.11. The van der Waals surface area contributed by atoms with Crippen LogP contribution in [0.5, 0.6) is 0 Å². The van der Waals surface area contributed by atoms with Crippen LogP contribution in [0.3, 0.4) is 0 Å². The summed E-state index contributed by atoms with van der Waals surface area (Å²) in [5.41, 5.74) is 4.42. The summed E-state index contributed by atoms with van der Waals surface area (Å²) in [6.07, 6.45) is 0. The fraction of sp³-hybridized carbons (Fsp3) is 0.316. The first kappa shape index (κ1) is 17.0. The van der Waals surface area contributed by atoms with E-state index in [2.05, 4.69) is 34.5 Å². The Hall–Kier alpha value is -2.33. The highest BCUT2D eigenvalue weighted by atomic mass is 16.2. The van der Waals surface area contributed by atoms with E-state index in [1.165, 1.54) is 11.3 Å². The number of hydrogen-bond donors (Lipinski definition) is 2. The van der Waals surface area contributed by atoms with Crippen molar-refractivity contribution in [1.29, 1.82) is 0 Å². The number of aryl methyl sites for hydroxylation is 1. The van der Waals surface area contributed by atoms with Crippen molar-refractivity contribution in [2.24, 2.45) is 0 Å². The maximum Gasteiger partial charge on any atom is 0.279 e. The van der Waals surface area contributed by atoms with E-state index in [-0.39, 0.29) is 5.91 Å². The molecule has 1 unspecified atom stereocenters. The summed E-state index contributed by atoms with van der Waals surface area (Å²) in [4.78, 5) is 15.4. The third kappa shape index (κ3) is 5.42. The number of likely N-dealkylation sites (N-methyl/N-ethyl adjacent to an activating group) is 1. The van der Waals surface area contributed by atoms with Crippen molar-refractivity contribution in [1.82, 2.24) is 0 Å². The van der Waals surface area contributed by atoms with Crippen molar-refractivity contribution in [3.8, 4) is 0 Å². The fourth-order valence-corrected chi connectivity index (χ4v) is 2.52. The van der Waals surface area contributed by atoms with Crippen LogP contribution in [0.4, 0.5) is 11.4 Å². The summed E-state index contributed by atoms with van der Waals surface area (Å²) in [6.45, 7) is 3.29. The van der Waals surface area contributed by atoms with E-state index in [0.717, 1.165) is 22.7 Å². The molecule has 2 aromatic carbocycles. The van der Waals surface area contributed by atoms with E-state index in [1.54, 1.807) is 0 Å². The zero-order valence-electron chi connectivity index (χ0n) is 14.4. The molecule has 0 aromatic heterocycles. The zero-order chi connectivity index (χ0) is 16.8. The SMILES string of the molecule is Cc1cccc(NC(=O)C[NH+](C)Cc2ccc(N(C)C)cc2)c1. The van der Waals surface area contributed by atoms with Crippen LogP contribution in [-0.2, 0) is 11.3 Å². The molecule has 2 aromatic rings. The standard InChI is InChI=1S/C19H25N3O/c1-15-6-5-7-17(12-15)20-19(23)14-22(4)13-16-8-10-18(11-9-16)21(2)3/h5-12H,13-14H2,1-4H3,(H,20,23)/p+1. The molecule has 0 aliphatic carbocycles. The predicted octanol–water partition coefficient (Wildman–Crippen LogP) is 1.71. The van der Waals surface area contributed by atoms with Gasteiger partial charge in [0.1, 0.15) is 6.54 Å². The highest BCUT2D eigenvalue weighted by molar-refractivity contribution is 5.91. The number of carbonyl (C=O) groups excluding carboxylic acids is 1. The molecular formula is C19H26N3O+. The van der Waals surface area contributed by atoms with E-state index >= 15 is 0 Å². The van der Waals surface area contributed by atoms with Crippen molar-refractivity contribution in [3.63, 3.8) is 0 Å². The van der Waals surface area contributed by atoms with Crippen molar-refractivity contribution in [2.75, 3.05) is 37.9 Å². The number of quaternary nitrogens is 1. The number of carbonyl (C=O) groups is 1. The quantitative estimate of drug-likeness (QED) is 0.852. The normalized spacial score (nSPS) is 11.8. The average Bonchev–Trinajstić information content (AvgIpc) is 2.47. The molecule has 0 bridgehead atoms. The van der Waals surface area contributed by atoms with Gasteiger partial charge >= 0.3 is 0 Å². The first-order chi connectivity index (χ1) is 10.9. The smallest absolute Gasteiger partial charge is 0.279 e. The Bertz CT molecular complexity index is 650. The van der Waals surface area contributed by atoms with Gasteiger partial charge in [0.25, 0.3) is 5.91 Å². The number of rotatable bonds is 6. The minimum Gasteiger partial charge on any atom is -0.378 e. The van der Waals surface area contributed by atoms with Gasteiger partial charge in [-0.15, -0.1) is 0 Å². The van der Waals surface area contributed by atoms with Crippen LogP contribution < -0.4 is 15.1 Å². The molecule has 1 atom stereocenters. The van der Waals surface area contributed by atoms with Crippen LogP contribution in [0.2, 0.25) is 0 Å². The van der Waals surface area contributed by atoms with Gasteiger partial charge in [-0.05, 0) is 36.8 Å². The van der Waals surface area contributed by atoms with Crippen molar-refractivity contribution < 1.29 is 9.69 Å². The molecular weight excluding hydrogens is 286 g/mol. The Morgan fingerprint density at radius 2 is 1.83 bits per heavy atom. The lowest BCUT2D eigenvalue weighted by atomic mass is 10.2. The molecule has 23 heavy (non-hydrogen) atoms. The Balaban J connectivity index is 1.86. The zero-order valence-corrected chi connectivity index (χ0v) is 14.4. The second kappa shape index (κ2) is 7.79. The van der Waals surface area contributed by atoms with Gasteiger partial charge in [-0.2, -0.15) is 0 Å². The van der Waals surface area contributed by atoms with Gasteiger partial charge in [0, 0.05) is 31.0 Å². The predicted molar refractivity (Wildman–Crippen MR) is 96.0 cm³/mol. The first-order valence-electron chi connectivity index (χ1n) is 7.88. The Labute approximate surface area is 138 Å². The molecule has 1 amide bonds. The monoisotopic (exact) mass is 312 g/mol. The molecule has 2 N–H and O–H groups in total. The van der Waals surface area contributed by atoms with E-state index in [0.29, 0.717) is 6.54 Å². The molecule has 0 saturated carbocycles. The maximum absolute atomic E-state index is 12.1. The lowest BCUT2D eigenvalue weighted by molar-refractivity contribution is -0.885. The first-order valence-corrected chi connectivity index (χ1v) is 7.88. The summed E-state index contributed by atoms with van der Waals surface area (Å²) in [6, 6.07) is 16.3. The lowest BCUT2D eigenvalue weighted by Crippen LogP contribution is -3.08. The topological polar surface area (TPSA) is 36.8 Å². The summed E-state index contributed by atoms with van der Waals surface area (Å²) in [5, 5.41) is 2.96. The summed E-state index contributed by atoms with van der Waals surface area (Å²) < 4.78 is 0. The fourth-order valence-electron chi connectivity index (χ4n) is 2.52. The molecule has 122 valence electrons. The minimum atomic E-state index is 0.0398. The largest absolute Gasteiger partial charge is 0.378 e. The molecule has 0 aliphatic rings. The van der Waals surface area contributed by atoms with Gasteiger partial charge in [0.2, 0.25) is 0 Å². The van der Waals surface area contributed by atoms with E-state index in [4.69, 9.17) is 0 Å². The van der Waals surface area contributed by atoms with E-state index in [1.807, 2.05) is 52.3 Å². The van der Waals surface area contributed by atoms with E-state index in [9.17, 15) is 4.79 Å². The second-order valence-corrected chi connectivity index (χ2v) is 6.29. The average molecular weight is 312 g/mol. The number of anilines is 2. The summed E-state index contributed by atoms with van der Waals surface area (Å²) in [5.74, 6) is 0.0398. The maximum atomic E-state index is 12.1. The van der Waals surface area contributed by atoms with Crippen LogP contribution in [-0.4, -0.2) is 33.6 Å². The minimum absolute atomic E-state index is 0.0398. The van der Waals surface area contributed by atoms with Crippen LogP contribution in [0.25, 0.3) is 0 Å².